The Hall–Kier alpha value is -2.50. The summed E-state index contributed by atoms with van der Waals surface area (Å²) in [6, 6.07) is 5.95. The molecule has 0 spiro atoms. The lowest BCUT2D eigenvalue weighted by Gasteiger charge is -2.49. The van der Waals surface area contributed by atoms with Crippen LogP contribution >= 0.6 is 0 Å². The fraction of sp³-hybridized carbons (Fsp3) is 0.565. The van der Waals surface area contributed by atoms with Gasteiger partial charge in [-0.3, -0.25) is 9.59 Å². The van der Waals surface area contributed by atoms with Crippen molar-refractivity contribution in [1.82, 2.24) is 10.6 Å². The van der Waals surface area contributed by atoms with Gasteiger partial charge in [-0.1, -0.05) is 18.9 Å². The molecular formula is C23H28N2O4. The Morgan fingerprint density at radius 3 is 2.86 bits per heavy atom. The van der Waals surface area contributed by atoms with Crippen molar-refractivity contribution in [2.75, 3.05) is 6.79 Å². The molecule has 2 saturated carbocycles. The second-order valence-electron chi connectivity index (χ2n) is 8.80. The topological polar surface area (TPSA) is 76.7 Å². The molecule has 1 aromatic rings. The number of benzene rings is 1. The fourth-order valence-electron chi connectivity index (χ4n) is 5.73. The first-order valence-corrected chi connectivity index (χ1v) is 10.9. The third kappa shape index (κ3) is 3.72. The van der Waals surface area contributed by atoms with Crippen molar-refractivity contribution >= 4 is 17.9 Å². The molecule has 2 aliphatic carbocycles. The van der Waals surface area contributed by atoms with E-state index in [0.717, 1.165) is 37.0 Å². The number of rotatable bonds is 3. The van der Waals surface area contributed by atoms with Crippen molar-refractivity contribution in [3.05, 3.63) is 29.8 Å². The smallest absolute Gasteiger partial charge is 0.244 e. The van der Waals surface area contributed by atoms with Crippen molar-refractivity contribution in [3.63, 3.8) is 0 Å². The third-order valence-electron chi connectivity index (χ3n) is 7.11. The number of amides is 2. The molecule has 2 aliphatic heterocycles. The summed E-state index contributed by atoms with van der Waals surface area (Å²) in [5.74, 6) is 2.94. The van der Waals surface area contributed by atoms with Crippen molar-refractivity contribution in [2.24, 2.45) is 17.8 Å². The molecule has 3 fully saturated rings. The van der Waals surface area contributed by atoms with E-state index in [2.05, 4.69) is 10.6 Å². The molecule has 5 unspecified atom stereocenters. The van der Waals surface area contributed by atoms with Crippen molar-refractivity contribution < 1.29 is 19.1 Å². The number of fused-ring (bicyclic) bond motifs is 4. The molecule has 154 valence electrons. The van der Waals surface area contributed by atoms with Crippen molar-refractivity contribution in [2.45, 2.75) is 57.0 Å². The first-order chi connectivity index (χ1) is 14.2. The molecule has 29 heavy (non-hydrogen) atoms. The van der Waals surface area contributed by atoms with Gasteiger partial charge in [0.1, 0.15) is 0 Å². The number of carbonyl (C=O) groups excluding carboxylic acids is 2. The molecule has 0 radical (unpaired) electrons. The van der Waals surface area contributed by atoms with E-state index in [0.29, 0.717) is 17.6 Å². The van der Waals surface area contributed by atoms with Gasteiger partial charge in [-0.15, -0.1) is 0 Å². The van der Waals surface area contributed by atoms with E-state index in [4.69, 9.17) is 9.47 Å². The molecule has 5 atom stereocenters. The fourth-order valence-corrected chi connectivity index (χ4v) is 5.73. The van der Waals surface area contributed by atoms with Crippen LogP contribution in [0, 0.1) is 17.8 Å². The van der Waals surface area contributed by atoms with Crippen molar-refractivity contribution in [3.8, 4) is 11.5 Å². The molecule has 2 N–H and O–H groups in total. The Balaban J connectivity index is 1.18. The predicted octanol–water partition coefficient (Wildman–Crippen LogP) is 3.02. The normalized spacial score (nSPS) is 33.0. The van der Waals surface area contributed by atoms with E-state index < -0.39 is 0 Å². The third-order valence-corrected chi connectivity index (χ3v) is 7.11. The Labute approximate surface area is 171 Å². The molecule has 6 heteroatoms. The van der Waals surface area contributed by atoms with Gasteiger partial charge >= 0.3 is 0 Å². The van der Waals surface area contributed by atoms with Crippen LogP contribution in [0.15, 0.2) is 24.3 Å². The number of hydrogen-bond donors (Lipinski definition) is 2. The van der Waals surface area contributed by atoms with Gasteiger partial charge in [-0.25, -0.2) is 0 Å². The quantitative estimate of drug-likeness (QED) is 0.770. The van der Waals surface area contributed by atoms with E-state index in [9.17, 15) is 9.59 Å². The van der Waals surface area contributed by atoms with Crippen LogP contribution in [0.5, 0.6) is 11.5 Å². The van der Waals surface area contributed by atoms with Crippen LogP contribution in [-0.2, 0) is 9.59 Å². The van der Waals surface area contributed by atoms with Crippen molar-refractivity contribution in [1.29, 1.82) is 0 Å². The summed E-state index contributed by atoms with van der Waals surface area (Å²) in [4.78, 5) is 25.0. The van der Waals surface area contributed by atoms with E-state index in [1.807, 2.05) is 18.2 Å². The lowest BCUT2D eigenvalue weighted by molar-refractivity contribution is -0.135. The second kappa shape index (κ2) is 7.73. The van der Waals surface area contributed by atoms with Gasteiger partial charge in [0.25, 0.3) is 0 Å². The molecule has 2 heterocycles. The van der Waals surface area contributed by atoms with Crippen LogP contribution in [0.3, 0.4) is 0 Å². The average molecular weight is 396 g/mol. The van der Waals surface area contributed by atoms with Crippen LogP contribution in [0.2, 0.25) is 0 Å². The maximum Gasteiger partial charge on any atom is 0.244 e. The van der Waals surface area contributed by atoms with Crippen LogP contribution in [0.25, 0.3) is 6.08 Å². The lowest BCUT2D eigenvalue weighted by atomic mass is 9.63. The zero-order valence-corrected chi connectivity index (χ0v) is 16.6. The molecule has 1 saturated heterocycles. The largest absolute Gasteiger partial charge is 0.454 e. The highest BCUT2D eigenvalue weighted by Crippen LogP contribution is 2.44. The number of nitrogens with one attached hydrogen (secondary N) is 2. The lowest BCUT2D eigenvalue weighted by Crippen LogP contribution is -2.59. The number of piperidine rings is 1. The number of hydrogen-bond acceptors (Lipinski definition) is 4. The van der Waals surface area contributed by atoms with Crippen LogP contribution in [0.4, 0.5) is 0 Å². The maximum absolute atomic E-state index is 12.5. The predicted molar refractivity (Wildman–Crippen MR) is 108 cm³/mol. The van der Waals surface area contributed by atoms with E-state index >= 15 is 0 Å². The van der Waals surface area contributed by atoms with Gasteiger partial charge in [0.15, 0.2) is 11.5 Å². The minimum atomic E-state index is -0.0937. The van der Waals surface area contributed by atoms with Gasteiger partial charge in [-0.05, 0) is 67.7 Å². The first-order valence-electron chi connectivity index (χ1n) is 10.9. The van der Waals surface area contributed by atoms with E-state index in [1.165, 1.54) is 19.3 Å². The Bertz CT molecular complexity index is 836. The minimum absolute atomic E-state index is 0.0937. The SMILES string of the molecule is O=C(/C=C\c1ccc2c(c1)OCO2)NC1CCC2C(C1)NC(=O)C1CCCCC12. The molecule has 5 rings (SSSR count). The summed E-state index contributed by atoms with van der Waals surface area (Å²) < 4.78 is 10.7. The average Bonchev–Trinajstić information content (AvgIpc) is 3.20. The molecule has 6 nitrogen and oxygen atoms in total. The highest BCUT2D eigenvalue weighted by Gasteiger charge is 2.46. The van der Waals surface area contributed by atoms with Gasteiger partial charge in [-0.2, -0.15) is 0 Å². The maximum atomic E-state index is 12.5. The summed E-state index contributed by atoms with van der Waals surface area (Å²) in [5, 5.41) is 6.40. The van der Waals surface area contributed by atoms with Gasteiger partial charge in [0.05, 0.1) is 0 Å². The summed E-state index contributed by atoms with van der Waals surface area (Å²) in [7, 11) is 0. The summed E-state index contributed by atoms with van der Waals surface area (Å²) in [6.07, 6.45) is 10.9. The zero-order valence-electron chi connectivity index (χ0n) is 16.6. The monoisotopic (exact) mass is 396 g/mol. The van der Waals surface area contributed by atoms with E-state index in [-0.39, 0.29) is 36.6 Å². The van der Waals surface area contributed by atoms with E-state index in [1.54, 1.807) is 12.2 Å². The Morgan fingerprint density at radius 2 is 1.93 bits per heavy atom. The van der Waals surface area contributed by atoms with Gasteiger partial charge < -0.3 is 20.1 Å². The van der Waals surface area contributed by atoms with Crippen LogP contribution in [-0.4, -0.2) is 30.7 Å². The first kappa shape index (κ1) is 18.5. The summed E-state index contributed by atoms with van der Waals surface area (Å²) >= 11 is 0. The highest BCUT2D eigenvalue weighted by molar-refractivity contribution is 5.92. The number of carbonyl (C=O) groups is 2. The molecular weight excluding hydrogens is 368 g/mol. The summed E-state index contributed by atoms with van der Waals surface area (Å²) in [5.41, 5.74) is 0.899. The Kier molecular flexibility index (Phi) is 4.94. The number of ether oxygens (including phenoxy) is 2. The van der Waals surface area contributed by atoms with Crippen LogP contribution < -0.4 is 20.1 Å². The minimum Gasteiger partial charge on any atom is -0.454 e. The Morgan fingerprint density at radius 1 is 1.07 bits per heavy atom. The highest BCUT2D eigenvalue weighted by atomic mass is 16.7. The molecule has 2 amide bonds. The van der Waals surface area contributed by atoms with Gasteiger partial charge in [0.2, 0.25) is 18.6 Å². The molecule has 0 bridgehead atoms. The summed E-state index contributed by atoms with van der Waals surface area (Å²) in [6.45, 7) is 0.241. The van der Waals surface area contributed by atoms with Crippen LogP contribution in [0.1, 0.15) is 50.5 Å². The van der Waals surface area contributed by atoms with Gasteiger partial charge in [0, 0.05) is 24.1 Å². The second-order valence-corrected chi connectivity index (χ2v) is 8.80. The zero-order chi connectivity index (χ0) is 19.8. The molecule has 0 aromatic heterocycles. The molecule has 4 aliphatic rings. The molecule has 1 aromatic carbocycles. The standard InChI is InChI=1S/C23H28N2O4/c26-22(10-6-14-5-9-20-21(11-14)29-13-28-20)24-15-7-8-17-16-3-1-2-4-18(16)23(27)25-19(17)12-15/h5-6,9-11,15-19H,1-4,7-8,12-13H2,(H,24,26)(H,25,27)/b10-6-.